The van der Waals surface area contributed by atoms with E-state index in [1.807, 2.05) is 34.2 Å². The zero-order valence-electron chi connectivity index (χ0n) is 24.1. The van der Waals surface area contributed by atoms with Crippen LogP contribution in [0.3, 0.4) is 0 Å². The van der Waals surface area contributed by atoms with Crippen LogP contribution in [-0.4, -0.2) is 50.0 Å². The maximum atomic E-state index is 14.3. The molecule has 0 amide bonds. The number of nitrogens with zero attached hydrogens (tertiary/aromatic N) is 9. The topological polar surface area (TPSA) is 146 Å². The molecule has 0 spiro atoms. The monoisotopic (exact) mass is 576 g/mol. The van der Waals surface area contributed by atoms with Gasteiger partial charge in [-0.2, -0.15) is 10.1 Å². The normalized spacial score (nSPS) is 17.1. The maximum absolute atomic E-state index is 14.3. The van der Waals surface area contributed by atoms with Crippen LogP contribution in [0.25, 0.3) is 28.3 Å². The first kappa shape index (κ1) is 26.9. The van der Waals surface area contributed by atoms with E-state index in [0.717, 1.165) is 72.0 Å². The van der Waals surface area contributed by atoms with Crippen molar-refractivity contribution in [2.75, 3.05) is 0 Å². The second-order valence-corrected chi connectivity index (χ2v) is 11.2. The van der Waals surface area contributed by atoms with E-state index >= 15 is 0 Å². The number of hydrogen-bond acceptors (Lipinski definition) is 9. The molecule has 12 heteroatoms. The number of aromatic nitrogens is 10. The Bertz CT molecular complexity index is 1910. The zero-order valence-corrected chi connectivity index (χ0v) is 24.1. The van der Waals surface area contributed by atoms with Crippen molar-refractivity contribution in [2.45, 2.75) is 70.8 Å². The van der Waals surface area contributed by atoms with Crippen LogP contribution in [-0.2, 0) is 12.8 Å². The van der Waals surface area contributed by atoms with Gasteiger partial charge in [0, 0.05) is 36.4 Å². The van der Waals surface area contributed by atoms with E-state index in [2.05, 4.69) is 78.2 Å². The van der Waals surface area contributed by atoms with Gasteiger partial charge in [-0.1, -0.05) is 61.9 Å². The van der Waals surface area contributed by atoms with Gasteiger partial charge in [0.1, 0.15) is 6.33 Å². The van der Waals surface area contributed by atoms with Gasteiger partial charge in [-0.05, 0) is 59.2 Å². The SMILES string of the molecule is CCCc1c(Cc2ccc(-c3ccccc3-c3nnn[nH]3)cc2)c(=O)n([C@H]2CC[C@H](c3nnc(C)o3)CC2)c2ncnn12. The second-order valence-electron chi connectivity index (χ2n) is 11.2. The number of hydrogen-bond donors (Lipinski definition) is 1. The molecule has 1 fully saturated rings. The average Bonchev–Trinajstić information content (AvgIpc) is 3.83. The third-order valence-corrected chi connectivity index (χ3v) is 8.44. The molecule has 0 unspecified atom stereocenters. The van der Waals surface area contributed by atoms with Gasteiger partial charge >= 0.3 is 0 Å². The van der Waals surface area contributed by atoms with Crippen LogP contribution >= 0.6 is 0 Å². The smallest absolute Gasteiger partial charge is 0.259 e. The fraction of sp³-hybridized carbons (Fsp3) is 0.355. The summed E-state index contributed by atoms with van der Waals surface area (Å²) in [5.74, 6) is 2.72. The lowest BCUT2D eigenvalue weighted by Gasteiger charge is -2.29. The first-order chi connectivity index (χ1) is 21.1. The molecule has 7 rings (SSSR count). The van der Waals surface area contributed by atoms with E-state index < -0.39 is 0 Å². The predicted octanol–water partition coefficient (Wildman–Crippen LogP) is 4.87. The lowest BCUT2D eigenvalue weighted by atomic mass is 9.85. The first-order valence-corrected chi connectivity index (χ1v) is 14.8. The Morgan fingerprint density at radius 3 is 2.47 bits per heavy atom. The number of rotatable bonds is 8. The summed E-state index contributed by atoms with van der Waals surface area (Å²) >= 11 is 0. The van der Waals surface area contributed by atoms with Gasteiger partial charge in [0.05, 0.1) is 5.69 Å². The summed E-state index contributed by atoms with van der Waals surface area (Å²) in [6.07, 6.45) is 7.10. The van der Waals surface area contributed by atoms with Crippen LogP contribution in [0.5, 0.6) is 0 Å². The molecule has 2 aromatic carbocycles. The summed E-state index contributed by atoms with van der Waals surface area (Å²) < 4.78 is 9.47. The van der Waals surface area contributed by atoms with Crippen molar-refractivity contribution in [1.82, 2.24) is 50.0 Å². The largest absolute Gasteiger partial charge is 0.425 e. The minimum atomic E-state index is 0.0216. The summed E-state index contributed by atoms with van der Waals surface area (Å²) in [6.45, 7) is 3.93. The first-order valence-electron chi connectivity index (χ1n) is 14.8. The van der Waals surface area contributed by atoms with Gasteiger partial charge in [-0.25, -0.2) is 9.61 Å². The van der Waals surface area contributed by atoms with Gasteiger partial charge < -0.3 is 4.42 Å². The van der Waals surface area contributed by atoms with E-state index in [4.69, 9.17) is 4.42 Å². The lowest BCUT2D eigenvalue weighted by molar-refractivity contribution is 0.287. The molecule has 0 aliphatic heterocycles. The molecule has 218 valence electrons. The van der Waals surface area contributed by atoms with E-state index in [9.17, 15) is 4.79 Å². The molecular weight excluding hydrogens is 544 g/mol. The summed E-state index contributed by atoms with van der Waals surface area (Å²) in [5, 5.41) is 27.2. The molecule has 0 bridgehead atoms. The van der Waals surface area contributed by atoms with Gasteiger partial charge in [0.15, 0.2) is 5.82 Å². The molecule has 1 saturated carbocycles. The summed E-state index contributed by atoms with van der Waals surface area (Å²) in [4.78, 5) is 18.9. The van der Waals surface area contributed by atoms with Crippen LogP contribution in [0.15, 0.2) is 64.1 Å². The molecule has 1 N–H and O–H groups in total. The van der Waals surface area contributed by atoms with Crippen LogP contribution in [0.1, 0.15) is 79.6 Å². The highest BCUT2D eigenvalue weighted by Gasteiger charge is 2.30. The van der Waals surface area contributed by atoms with Crippen molar-refractivity contribution in [3.63, 3.8) is 0 Å². The zero-order chi connectivity index (χ0) is 29.3. The summed E-state index contributed by atoms with van der Waals surface area (Å²) in [6, 6.07) is 16.4. The Kier molecular flexibility index (Phi) is 7.09. The molecule has 4 heterocycles. The maximum Gasteiger partial charge on any atom is 0.259 e. The standard InChI is InChI=1S/C31H32N10O2/c1-3-6-27-26(17-20-9-11-21(12-10-20)24-7-4-5-8-25(24)28-35-38-39-36-28)30(42)40(31-32-18-33-41(27)31)23-15-13-22(14-16-23)29-37-34-19(2)43-29/h4-5,7-12,18,22-23H,3,6,13-17H2,1-2H3,(H,35,36,38,39)/t22-,23-. The van der Waals surface area contributed by atoms with Gasteiger partial charge in [-0.15, -0.1) is 15.3 Å². The third kappa shape index (κ3) is 5.02. The molecule has 12 nitrogen and oxygen atoms in total. The fourth-order valence-corrected chi connectivity index (χ4v) is 6.36. The molecule has 6 aromatic rings. The second kappa shape index (κ2) is 11.3. The van der Waals surface area contributed by atoms with Crippen LogP contribution in [0, 0.1) is 6.92 Å². The Morgan fingerprint density at radius 2 is 1.77 bits per heavy atom. The molecule has 1 aliphatic rings. The van der Waals surface area contributed by atoms with Gasteiger partial charge in [-0.3, -0.25) is 9.36 Å². The summed E-state index contributed by atoms with van der Waals surface area (Å²) in [7, 11) is 0. The van der Waals surface area contributed by atoms with Crippen molar-refractivity contribution in [2.24, 2.45) is 0 Å². The Balaban J connectivity index is 1.21. The molecule has 4 aromatic heterocycles. The predicted molar refractivity (Wildman–Crippen MR) is 158 cm³/mol. The molecule has 0 atom stereocenters. The van der Waals surface area contributed by atoms with E-state index in [1.165, 1.54) is 0 Å². The van der Waals surface area contributed by atoms with Crippen LogP contribution in [0.4, 0.5) is 0 Å². The lowest BCUT2D eigenvalue weighted by Crippen LogP contribution is -2.34. The van der Waals surface area contributed by atoms with Crippen molar-refractivity contribution in [3.8, 4) is 22.5 Å². The number of aromatic amines is 1. The molecule has 0 saturated heterocycles. The van der Waals surface area contributed by atoms with Crippen molar-refractivity contribution < 1.29 is 4.42 Å². The number of fused-ring (bicyclic) bond motifs is 1. The average molecular weight is 577 g/mol. The molecule has 1 aliphatic carbocycles. The summed E-state index contributed by atoms with van der Waals surface area (Å²) in [5.41, 5.74) is 5.77. The quantitative estimate of drug-likeness (QED) is 0.268. The number of H-pyrrole nitrogens is 1. The minimum Gasteiger partial charge on any atom is -0.425 e. The minimum absolute atomic E-state index is 0.0216. The van der Waals surface area contributed by atoms with Crippen molar-refractivity contribution in [3.05, 3.63) is 93.8 Å². The highest BCUT2D eigenvalue weighted by molar-refractivity contribution is 5.80. The number of benzene rings is 2. The van der Waals surface area contributed by atoms with Gasteiger partial charge in [0.25, 0.3) is 5.56 Å². The van der Waals surface area contributed by atoms with Crippen molar-refractivity contribution >= 4 is 5.78 Å². The number of nitrogens with one attached hydrogen (secondary N) is 1. The van der Waals surface area contributed by atoms with E-state index in [1.54, 1.807) is 6.33 Å². The van der Waals surface area contributed by atoms with E-state index in [-0.39, 0.29) is 17.5 Å². The Labute approximate surface area is 247 Å². The fourth-order valence-electron chi connectivity index (χ4n) is 6.36. The number of aryl methyl sites for hydroxylation is 2. The Morgan fingerprint density at radius 1 is 0.977 bits per heavy atom. The van der Waals surface area contributed by atoms with E-state index in [0.29, 0.717) is 29.8 Å². The highest BCUT2D eigenvalue weighted by Crippen LogP contribution is 2.38. The van der Waals surface area contributed by atoms with Gasteiger partial charge in [0.2, 0.25) is 17.6 Å². The Hall–Kier alpha value is -5.00. The molecule has 43 heavy (non-hydrogen) atoms. The van der Waals surface area contributed by atoms with Crippen molar-refractivity contribution in [1.29, 1.82) is 0 Å². The number of tetrazole rings is 1. The third-order valence-electron chi connectivity index (χ3n) is 8.44. The highest BCUT2D eigenvalue weighted by atomic mass is 16.4. The molecule has 0 radical (unpaired) electrons. The van der Waals surface area contributed by atoms with Crippen LogP contribution < -0.4 is 5.56 Å². The molecular formula is C31H32N10O2. The van der Waals surface area contributed by atoms with Crippen LogP contribution in [0.2, 0.25) is 0 Å².